The molecule has 5 heteroatoms. The van der Waals surface area contributed by atoms with Gasteiger partial charge in [0.25, 0.3) is 0 Å². The van der Waals surface area contributed by atoms with Gasteiger partial charge in [0.2, 0.25) is 0 Å². The van der Waals surface area contributed by atoms with E-state index in [0.29, 0.717) is 5.02 Å². The first-order valence-electron chi connectivity index (χ1n) is 5.77. The van der Waals surface area contributed by atoms with Gasteiger partial charge in [0, 0.05) is 11.6 Å². The monoisotopic (exact) mass is 252 g/mol. The van der Waals surface area contributed by atoms with Crippen molar-refractivity contribution >= 4 is 22.6 Å². The quantitative estimate of drug-likeness (QED) is 0.848. The Kier molecular flexibility index (Phi) is 2.68. The van der Waals surface area contributed by atoms with Crippen LogP contribution in [-0.4, -0.2) is 16.2 Å². The van der Waals surface area contributed by atoms with Crippen LogP contribution in [0.25, 0.3) is 11.0 Å². The van der Waals surface area contributed by atoms with Crippen LogP contribution in [0.15, 0.2) is 23.0 Å². The van der Waals surface area contributed by atoms with Gasteiger partial charge in [-0.05, 0) is 37.5 Å². The maximum atomic E-state index is 11.9. The van der Waals surface area contributed by atoms with Crippen molar-refractivity contribution in [2.75, 3.05) is 6.61 Å². The molecule has 2 aromatic rings. The number of hydrogen-bond donors (Lipinski definition) is 1. The van der Waals surface area contributed by atoms with Gasteiger partial charge in [-0.2, -0.15) is 0 Å². The van der Waals surface area contributed by atoms with Crippen LogP contribution < -0.4 is 5.69 Å². The number of fused-ring (bicyclic) bond motifs is 1. The lowest BCUT2D eigenvalue weighted by atomic mass is 10.2. The zero-order valence-electron chi connectivity index (χ0n) is 9.28. The van der Waals surface area contributed by atoms with Crippen LogP contribution in [0.4, 0.5) is 0 Å². The van der Waals surface area contributed by atoms with E-state index in [9.17, 15) is 4.79 Å². The van der Waals surface area contributed by atoms with E-state index in [4.69, 9.17) is 16.3 Å². The lowest BCUT2D eigenvalue weighted by Crippen LogP contribution is -2.26. The molecule has 1 aromatic carbocycles. The van der Waals surface area contributed by atoms with Crippen LogP contribution in [0.3, 0.4) is 0 Å². The van der Waals surface area contributed by atoms with Crippen LogP contribution >= 0.6 is 11.6 Å². The fourth-order valence-corrected chi connectivity index (χ4v) is 2.49. The second-order valence-electron chi connectivity index (χ2n) is 4.28. The maximum Gasteiger partial charge on any atom is 0.328 e. The first-order valence-corrected chi connectivity index (χ1v) is 6.15. The van der Waals surface area contributed by atoms with Crippen molar-refractivity contribution in [2.45, 2.75) is 25.5 Å². The van der Waals surface area contributed by atoms with E-state index in [1.807, 2.05) is 6.07 Å². The molecule has 3 rings (SSSR count). The fourth-order valence-electron chi connectivity index (χ4n) is 2.32. The Morgan fingerprint density at radius 1 is 1.41 bits per heavy atom. The van der Waals surface area contributed by atoms with Crippen molar-refractivity contribution in [2.24, 2.45) is 0 Å². The minimum absolute atomic E-state index is 0.130. The molecule has 1 N–H and O–H groups in total. The van der Waals surface area contributed by atoms with Gasteiger partial charge in [0.05, 0.1) is 11.0 Å². The first-order chi connectivity index (χ1) is 8.25. The van der Waals surface area contributed by atoms with Crippen molar-refractivity contribution in [1.29, 1.82) is 0 Å². The molecule has 0 amide bonds. The predicted molar refractivity (Wildman–Crippen MR) is 66.4 cm³/mol. The summed E-state index contributed by atoms with van der Waals surface area (Å²) in [4.78, 5) is 14.7. The second-order valence-corrected chi connectivity index (χ2v) is 4.72. The van der Waals surface area contributed by atoms with E-state index >= 15 is 0 Å². The molecule has 0 spiro atoms. The third-order valence-electron chi connectivity index (χ3n) is 3.12. The van der Waals surface area contributed by atoms with Gasteiger partial charge in [-0.25, -0.2) is 4.79 Å². The molecule has 0 aliphatic carbocycles. The summed E-state index contributed by atoms with van der Waals surface area (Å²) in [5, 5.41) is 0.621. The number of rotatable bonds is 1. The molecular weight excluding hydrogens is 240 g/mol. The number of ether oxygens (including phenoxy) is 1. The van der Waals surface area contributed by atoms with Gasteiger partial charge in [-0.1, -0.05) is 11.6 Å². The minimum Gasteiger partial charge on any atom is -0.358 e. The highest BCUT2D eigenvalue weighted by atomic mass is 35.5. The minimum atomic E-state index is -0.147. The summed E-state index contributed by atoms with van der Waals surface area (Å²) in [6, 6.07) is 5.40. The van der Waals surface area contributed by atoms with Crippen molar-refractivity contribution < 1.29 is 4.74 Å². The molecule has 0 radical (unpaired) electrons. The average molecular weight is 253 g/mol. The van der Waals surface area contributed by atoms with E-state index < -0.39 is 0 Å². The van der Waals surface area contributed by atoms with Gasteiger partial charge < -0.3 is 9.72 Å². The van der Waals surface area contributed by atoms with Crippen LogP contribution in [0, 0.1) is 0 Å². The Hall–Kier alpha value is -1.26. The number of benzene rings is 1. The van der Waals surface area contributed by atoms with Gasteiger partial charge in [0.15, 0.2) is 0 Å². The van der Waals surface area contributed by atoms with Crippen LogP contribution in [0.5, 0.6) is 0 Å². The summed E-state index contributed by atoms with van der Waals surface area (Å²) in [6.07, 6.45) is 2.90. The molecular formula is C12H13ClN2O2. The predicted octanol–water partition coefficient (Wildman–Crippen LogP) is 2.68. The normalized spacial score (nSPS) is 20.9. The fraction of sp³-hybridized carbons (Fsp3) is 0.417. The van der Waals surface area contributed by atoms with E-state index in [0.717, 1.165) is 36.9 Å². The summed E-state index contributed by atoms with van der Waals surface area (Å²) in [5.41, 5.74) is 1.48. The number of aromatic nitrogens is 2. The number of nitrogens with zero attached hydrogens (tertiary/aromatic N) is 1. The summed E-state index contributed by atoms with van der Waals surface area (Å²) >= 11 is 5.90. The molecule has 4 nitrogen and oxygen atoms in total. The molecule has 2 heterocycles. The molecule has 1 aromatic heterocycles. The third-order valence-corrected chi connectivity index (χ3v) is 3.36. The molecule has 0 bridgehead atoms. The van der Waals surface area contributed by atoms with Crippen molar-refractivity contribution in [3.05, 3.63) is 33.7 Å². The highest BCUT2D eigenvalue weighted by molar-refractivity contribution is 6.31. The van der Waals surface area contributed by atoms with Gasteiger partial charge in [0.1, 0.15) is 6.23 Å². The number of aromatic amines is 1. The number of nitrogens with one attached hydrogen (secondary N) is 1. The Balaban J connectivity index is 2.14. The average Bonchev–Trinajstić information content (AvgIpc) is 2.65. The lowest BCUT2D eigenvalue weighted by molar-refractivity contribution is -0.0313. The lowest BCUT2D eigenvalue weighted by Gasteiger charge is -2.23. The number of imidazole rings is 1. The summed E-state index contributed by atoms with van der Waals surface area (Å²) in [6.45, 7) is 0.720. The Labute approximate surface area is 103 Å². The van der Waals surface area contributed by atoms with E-state index in [1.165, 1.54) is 0 Å². The Morgan fingerprint density at radius 2 is 2.29 bits per heavy atom. The maximum absolute atomic E-state index is 11.9. The highest BCUT2D eigenvalue weighted by Gasteiger charge is 2.20. The third kappa shape index (κ3) is 1.87. The van der Waals surface area contributed by atoms with Crippen molar-refractivity contribution in [1.82, 2.24) is 9.55 Å². The molecule has 1 aliphatic rings. The molecule has 0 saturated carbocycles. The summed E-state index contributed by atoms with van der Waals surface area (Å²) in [7, 11) is 0. The summed E-state index contributed by atoms with van der Waals surface area (Å²) < 4.78 is 7.34. The molecule has 1 saturated heterocycles. The van der Waals surface area contributed by atoms with E-state index in [1.54, 1.807) is 16.7 Å². The van der Waals surface area contributed by atoms with E-state index in [2.05, 4.69) is 4.98 Å². The van der Waals surface area contributed by atoms with Gasteiger partial charge in [-0.3, -0.25) is 4.57 Å². The summed E-state index contributed by atoms with van der Waals surface area (Å²) in [5.74, 6) is 0. The second kappa shape index (κ2) is 4.20. The number of H-pyrrole nitrogens is 1. The SMILES string of the molecule is O=c1[nH]c2cc(Cl)ccc2n1C1CCCCO1. The van der Waals surface area contributed by atoms with Crippen LogP contribution in [-0.2, 0) is 4.74 Å². The largest absolute Gasteiger partial charge is 0.358 e. The molecule has 1 unspecified atom stereocenters. The topological polar surface area (TPSA) is 47.0 Å². The first kappa shape index (κ1) is 10.9. The molecule has 1 fully saturated rings. The van der Waals surface area contributed by atoms with E-state index in [-0.39, 0.29) is 11.9 Å². The molecule has 1 aliphatic heterocycles. The standard InChI is InChI=1S/C12H13ClN2O2/c13-8-4-5-10-9(7-8)14-12(16)15(10)11-3-1-2-6-17-11/h4-5,7,11H,1-3,6H2,(H,14,16). The number of halogens is 1. The Bertz CT molecular complexity index is 596. The number of hydrogen-bond acceptors (Lipinski definition) is 2. The molecule has 1 atom stereocenters. The van der Waals surface area contributed by atoms with Gasteiger partial charge >= 0.3 is 5.69 Å². The van der Waals surface area contributed by atoms with Crippen molar-refractivity contribution in [3.63, 3.8) is 0 Å². The smallest absolute Gasteiger partial charge is 0.328 e. The zero-order chi connectivity index (χ0) is 11.8. The highest BCUT2D eigenvalue weighted by Crippen LogP contribution is 2.25. The Morgan fingerprint density at radius 3 is 3.06 bits per heavy atom. The van der Waals surface area contributed by atoms with Crippen molar-refractivity contribution in [3.8, 4) is 0 Å². The molecule has 90 valence electrons. The van der Waals surface area contributed by atoms with Crippen LogP contribution in [0.1, 0.15) is 25.5 Å². The molecule has 17 heavy (non-hydrogen) atoms. The van der Waals surface area contributed by atoms with Crippen LogP contribution in [0.2, 0.25) is 5.02 Å². The van der Waals surface area contributed by atoms with Gasteiger partial charge in [-0.15, -0.1) is 0 Å². The zero-order valence-corrected chi connectivity index (χ0v) is 10.0.